The average molecular weight is 277 g/mol. The zero-order chi connectivity index (χ0) is 14.9. The zero-order valence-electron chi connectivity index (χ0n) is 12.2. The molecule has 0 amide bonds. The number of rotatable bonds is 7. The van der Waals surface area contributed by atoms with Gasteiger partial charge in [-0.15, -0.1) is 0 Å². The average Bonchev–Trinajstić information content (AvgIpc) is 2.54. The van der Waals surface area contributed by atoms with Crippen molar-refractivity contribution >= 4 is 18.1 Å². The van der Waals surface area contributed by atoms with Gasteiger partial charge in [0.25, 0.3) is 5.82 Å². The Balaban J connectivity index is 2.29. The summed E-state index contributed by atoms with van der Waals surface area (Å²) in [6, 6.07) is 16.4. The maximum absolute atomic E-state index is 3.83. The van der Waals surface area contributed by atoms with Crippen molar-refractivity contribution in [2.45, 2.75) is 0 Å². The molecule has 0 aliphatic heterocycles. The smallest absolute Gasteiger partial charge is 0.254 e. The molecule has 0 unspecified atom stereocenters. The molecule has 0 saturated heterocycles. The Labute approximate surface area is 127 Å². The Kier molecular flexibility index (Phi) is 5.53. The van der Waals surface area contributed by atoms with Crippen molar-refractivity contribution in [1.82, 2.24) is 0 Å². The van der Waals surface area contributed by atoms with Gasteiger partial charge in [0.2, 0.25) is 0 Å². The first kappa shape index (κ1) is 14.8. The van der Waals surface area contributed by atoms with Crippen LogP contribution < -0.4 is 9.47 Å². The molecule has 1 heterocycles. The van der Waals surface area contributed by atoms with Crippen LogP contribution in [0.25, 0.3) is 12.3 Å². The van der Waals surface area contributed by atoms with Crippen LogP contribution in [-0.4, -0.2) is 13.1 Å². The van der Waals surface area contributed by atoms with E-state index in [4.69, 9.17) is 0 Å². The van der Waals surface area contributed by atoms with Gasteiger partial charge in [-0.05, 0) is 17.7 Å². The number of anilines is 1. The quantitative estimate of drug-likeness (QED) is 0.552. The Hall–Kier alpha value is -2.61. The van der Waals surface area contributed by atoms with Gasteiger partial charge < -0.3 is 0 Å². The minimum atomic E-state index is 0.787. The number of benzene rings is 1. The lowest BCUT2D eigenvalue weighted by molar-refractivity contribution is -0.553. The van der Waals surface area contributed by atoms with Crippen LogP contribution >= 0.6 is 0 Å². The fraction of sp³-hybridized carbons (Fsp3) is 0.105. The van der Waals surface area contributed by atoms with Crippen molar-refractivity contribution in [3.63, 3.8) is 0 Å². The van der Waals surface area contributed by atoms with E-state index < -0.39 is 0 Å². The molecule has 1 aromatic heterocycles. The van der Waals surface area contributed by atoms with Crippen LogP contribution in [0.2, 0.25) is 0 Å². The number of hydrogen-bond donors (Lipinski definition) is 0. The second kappa shape index (κ2) is 7.85. The van der Waals surface area contributed by atoms with Gasteiger partial charge in [0.1, 0.15) is 13.1 Å². The lowest BCUT2D eigenvalue weighted by Gasteiger charge is -2.15. The number of nitrogens with zero attached hydrogens (tertiary/aromatic N) is 2. The molecule has 0 spiro atoms. The molecule has 0 aliphatic rings. The lowest BCUT2D eigenvalue weighted by atomic mass is 10.2. The molecule has 106 valence electrons. The first-order chi connectivity index (χ1) is 10.3. The van der Waals surface area contributed by atoms with Crippen LogP contribution in [-0.2, 0) is 0 Å². The van der Waals surface area contributed by atoms with Crippen LogP contribution in [0.15, 0.2) is 80.0 Å². The zero-order valence-corrected chi connectivity index (χ0v) is 12.2. The molecule has 2 aromatic rings. The second-order valence-corrected chi connectivity index (χ2v) is 4.67. The molecule has 0 N–H and O–H groups in total. The van der Waals surface area contributed by atoms with Crippen molar-refractivity contribution < 1.29 is 4.57 Å². The third-order valence-electron chi connectivity index (χ3n) is 3.12. The van der Waals surface area contributed by atoms with Gasteiger partial charge in [-0.25, -0.2) is 4.57 Å². The first-order valence-corrected chi connectivity index (χ1v) is 7.05. The highest BCUT2D eigenvalue weighted by molar-refractivity contribution is 5.57. The van der Waals surface area contributed by atoms with Gasteiger partial charge in [-0.3, -0.25) is 4.90 Å². The molecule has 21 heavy (non-hydrogen) atoms. The molecule has 1 aromatic carbocycles. The molecule has 0 aliphatic carbocycles. The van der Waals surface area contributed by atoms with Crippen LogP contribution in [0.3, 0.4) is 0 Å². The van der Waals surface area contributed by atoms with Gasteiger partial charge >= 0.3 is 0 Å². The van der Waals surface area contributed by atoms with E-state index in [0.29, 0.717) is 0 Å². The molecule has 0 saturated carbocycles. The molecule has 2 nitrogen and oxygen atoms in total. The summed E-state index contributed by atoms with van der Waals surface area (Å²) in [5.41, 5.74) is 1.18. The SMILES string of the molecule is C=CCN(CC=C)c1cccc[n+]1C=Cc1ccccc1. The van der Waals surface area contributed by atoms with Gasteiger partial charge in [-0.1, -0.05) is 61.7 Å². The molecule has 0 bridgehead atoms. The molecule has 0 fully saturated rings. The topological polar surface area (TPSA) is 7.12 Å². The summed E-state index contributed by atoms with van der Waals surface area (Å²) in [5, 5.41) is 0. The van der Waals surface area contributed by atoms with Gasteiger partial charge in [0.15, 0.2) is 0 Å². The number of hydrogen-bond acceptors (Lipinski definition) is 1. The maximum atomic E-state index is 3.83. The summed E-state index contributed by atoms with van der Waals surface area (Å²) in [5.74, 6) is 1.12. The van der Waals surface area contributed by atoms with Crippen LogP contribution in [0.4, 0.5) is 5.82 Å². The minimum absolute atomic E-state index is 0.787. The predicted octanol–water partition coefficient (Wildman–Crippen LogP) is 3.78. The van der Waals surface area contributed by atoms with Crippen LogP contribution in [0.5, 0.6) is 0 Å². The summed E-state index contributed by atoms with van der Waals surface area (Å²) in [7, 11) is 0. The van der Waals surface area contributed by atoms with E-state index in [1.165, 1.54) is 5.56 Å². The van der Waals surface area contributed by atoms with Crippen molar-refractivity contribution in [3.8, 4) is 0 Å². The van der Waals surface area contributed by atoms with E-state index in [0.717, 1.165) is 18.9 Å². The molecular weight excluding hydrogens is 256 g/mol. The highest BCUT2D eigenvalue weighted by Crippen LogP contribution is 2.09. The van der Waals surface area contributed by atoms with E-state index in [9.17, 15) is 0 Å². The van der Waals surface area contributed by atoms with Gasteiger partial charge in [0, 0.05) is 6.07 Å². The van der Waals surface area contributed by atoms with Crippen LogP contribution in [0, 0.1) is 0 Å². The molecule has 2 rings (SSSR count). The van der Waals surface area contributed by atoms with E-state index in [2.05, 4.69) is 53.1 Å². The Morgan fingerprint density at radius 3 is 2.24 bits per heavy atom. The minimum Gasteiger partial charge on any atom is -0.254 e. The third-order valence-corrected chi connectivity index (χ3v) is 3.12. The standard InChI is InChI=1S/C19H21N2/c1-3-14-20(15-4-2)19-12-8-9-16-21(19)17-13-18-10-6-5-7-11-18/h3-13,16-17H,1-2,14-15H2/q+1. The summed E-state index contributed by atoms with van der Waals surface area (Å²) in [6.45, 7) is 9.23. The lowest BCUT2D eigenvalue weighted by Crippen LogP contribution is -2.38. The Bertz CT molecular complexity index is 604. The van der Waals surface area contributed by atoms with Crippen molar-refractivity contribution in [2.75, 3.05) is 18.0 Å². The highest BCUT2D eigenvalue weighted by atomic mass is 15.2. The largest absolute Gasteiger partial charge is 0.281 e. The molecule has 0 radical (unpaired) electrons. The maximum Gasteiger partial charge on any atom is 0.281 e. The van der Waals surface area contributed by atoms with Crippen LogP contribution in [0.1, 0.15) is 5.56 Å². The molecular formula is C19H21N2+. The van der Waals surface area contributed by atoms with E-state index in [1.54, 1.807) is 0 Å². The normalized spacial score (nSPS) is 10.5. The van der Waals surface area contributed by atoms with Gasteiger partial charge in [0.05, 0.1) is 12.4 Å². The number of pyridine rings is 1. The summed E-state index contributed by atoms with van der Waals surface area (Å²) < 4.78 is 2.11. The van der Waals surface area contributed by atoms with Crippen molar-refractivity contribution in [3.05, 3.63) is 85.6 Å². The van der Waals surface area contributed by atoms with E-state index in [-0.39, 0.29) is 0 Å². The van der Waals surface area contributed by atoms with Gasteiger partial charge in [-0.2, -0.15) is 0 Å². The molecule has 2 heteroatoms. The fourth-order valence-electron chi connectivity index (χ4n) is 2.15. The van der Waals surface area contributed by atoms with E-state index in [1.807, 2.05) is 48.7 Å². The summed E-state index contributed by atoms with van der Waals surface area (Å²) in [4.78, 5) is 2.22. The summed E-state index contributed by atoms with van der Waals surface area (Å²) in [6.07, 6.45) is 10.0. The summed E-state index contributed by atoms with van der Waals surface area (Å²) >= 11 is 0. The fourth-order valence-corrected chi connectivity index (χ4v) is 2.15. The number of aromatic nitrogens is 1. The predicted molar refractivity (Wildman–Crippen MR) is 90.9 cm³/mol. The monoisotopic (exact) mass is 277 g/mol. The first-order valence-electron chi connectivity index (χ1n) is 7.05. The van der Waals surface area contributed by atoms with Crippen molar-refractivity contribution in [1.29, 1.82) is 0 Å². The molecule has 0 atom stereocenters. The second-order valence-electron chi connectivity index (χ2n) is 4.67. The van der Waals surface area contributed by atoms with Crippen molar-refractivity contribution in [2.24, 2.45) is 0 Å². The Morgan fingerprint density at radius 1 is 0.905 bits per heavy atom. The highest BCUT2D eigenvalue weighted by Gasteiger charge is 2.14. The van der Waals surface area contributed by atoms with E-state index >= 15 is 0 Å². The third kappa shape index (κ3) is 4.18. The Morgan fingerprint density at radius 2 is 1.57 bits per heavy atom.